The molecule has 2 heterocycles. The molecule has 4 heteroatoms. The van der Waals surface area contributed by atoms with Crippen LogP contribution in [0.15, 0.2) is 12.4 Å². The van der Waals surface area contributed by atoms with Crippen LogP contribution in [-0.2, 0) is 4.79 Å². The number of hydrogen-bond acceptors (Lipinski definition) is 3. The first-order valence-corrected chi connectivity index (χ1v) is 12.9. The number of carbonyl (C=O) groups excluding carboxylic acids is 1. The summed E-state index contributed by atoms with van der Waals surface area (Å²) in [5.41, 5.74) is 1.38. The molecular formula is C26H45N3O. The number of nitrogens with zero attached hydrogens (tertiary/aromatic N) is 3. The number of rotatable bonds is 12. The van der Waals surface area contributed by atoms with Crippen LogP contribution in [0, 0.1) is 11.8 Å². The molecule has 170 valence electrons. The third kappa shape index (κ3) is 5.75. The minimum atomic E-state index is 0.318. The van der Waals surface area contributed by atoms with Crippen molar-refractivity contribution >= 4 is 5.78 Å². The molecule has 0 radical (unpaired) electrons. The second-order valence-corrected chi connectivity index (χ2v) is 10.0. The van der Waals surface area contributed by atoms with Crippen molar-refractivity contribution in [3.8, 4) is 0 Å². The van der Waals surface area contributed by atoms with Crippen LogP contribution in [0.5, 0.6) is 0 Å². The van der Waals surface area contributed by atoms with Gasteiger partial charge in [-0.2, -0.15) is 5.10 Å². The highest BCUT2D eigenvalue weighted by atomic mass is 16.1. The molecule has 0 bridgehead atoms. The normalized spacial score (nSPS) is 25.1. The fourth-order valence-corrected chi connectivity index (χ4v) is 5.37. The van der Waals surface area contributed by atoms with Crippen LogP contribution in [-0.4, -0.2) is 39.6 Å². The zero-order chi connectivity index (χ0) is 21.5. The monoisotopic (exact) mass is 415 g/mol. The quantitative estimate of drug-likeness (QED) is 0.372. The predicted octanol–water partition coefficient (Wildman–Crippen LogP) is 6.38. The molecule has 4 nitrogen and oxygen atoms in total. The van der Waals surface area contributed by atoms with Crippen molar-refractivity contribution in [2.75, 3.05) is 13.1 Å². The molecule has 2 fully saturated rings. The number of likely N-dealkylation sites (tertiary alicyclic amines) is 1. The highest BCUT2D eigenvalue weighted by Crippen LogP contribution is 2.38. The van der Waals surface area contributed by atoms with Crippen molar-refractivity contribution in [2.45, 2.75) is 116 Å². The van der Waals surface area contributed by atoms with E-state index in [1.807, 2.05) is 0 Å². The Morgan fingerprint density at radius 3 is 2.43 bits per heavy atom. The number of unbranched alkanes of at least 4 members (excludes halogenated alkanes) is 3. The Bertz CT molecular complexity index is 640. The van der Waals surface area contributed by atoms with Gasteiger partial charge in [0, 0.05) is 37.2 Å². The Hall–Kier alpha value is -1.16. The Morgan fingerprint density at radius 2 is 1.80 bits per heavy atom. The maximum absolute atomic E-state index is 12.9. The highest BCUT2D eigenvalue weighted by Gasteiger charge is 2.40. The minimum Gasteiger partial charge on any atom is -0.300 e. The van der Waals surface area contributed by atoms with E-state index in [-0.39, 0.29) is 0 Å². The lowest BCUT2D eigenvalue weighted by Crippen LogP contribution is -2.50. The SMILES string of the molecule is CCCCCCC(CC)C(=O)C1CC(N2CCC(n3cc(C(C)CC)cn3)CC2)C1. The fourth-order valence-electron chi connectivity index (χ4n) is 5.37. The molecule has 1 aliphatic heterocycles. The van der Waals surface area contributed by atoms with E-state index < -0.39 is 0 Å². The van der Waals surface area contributed by atoms with Gasteiger partial charge >= 0.3 is 0 Å². The van der Waals surface area contributed by atoms with Crippen LogP contribution in [0.1, 0.15) is 116 Å². The molecule has 0 amide bonds. The first-order valence-electron chi connectivity index (χ1n) is 12.9. The second kappa shape index (κ2) is 11.5. The Balaban J connectivity index is 1.39. The lowest BCUT2D eigenvalue weighted by atomic mass is 9.72. The van der Waals surface area contributed by atoms with Gasteiger partial charge in [-0.1, -0.05) is 53.4 Å². The van der Waals surface area contributed by atoms with Gasteiger partial charge in [-0.15, -0.1) is 0 Å². The van der Waals surface area contributed by atoms with E-state index in [1.54, 1.807) is 0 Å². The molecule has 1 aromatic heterocycles. The molecule has 1 aromatic rings. The smallest absolute Gasteiger partial charge is 0.139 e. The Morgan fingerprint density at radius 1 is 1.07 bits per heavy atom. The van der Waals surface area contributed by atoms with Gasteiger partial charge in [0.15, 0.2) is 0 Å². The van der Waals surface area contributed by atoms with Crippen molar-refractivity contribution in [1.29, 1.82) is 0 Å². The molecule has 30 heavy (non-hydrogen) atoms. The van der Waals surface area contributed by atoms with E-state index in [0.29, 0.717) is 35.6 Å². The summed E-state index contributed by atoms with van der Waals surface area (Å²) in [5, 5.41) is 4.67. The van der Waals surface area contributed by atoms with E-state index in [4.69, 9.17) is 0 Å². The van der Waals surface area contributed by atoms with E-state index in [2.05, 4.69) is 54.8 Å². The molecule has 1 saturated heterocycles. The summed E-state index contributed by atoms with van der Waals surface area (Å²) in [4.78, 5) is 15.6. The first-order chi connectivity index (χ1) is 14.6. The van der Waals surface area contributed by atoms with Crippen molar-refractivity contribution in [3.05, 3.63) is 18.0 Å². The molecule has 0 spiro atoms. The van der Waals surface area contributed by atoms with Gasteiger partial charge in [0.1, 0.15) is 5.78 Å². The van der Waals surface area contributed by atoms with Crippen LogP contribution in [0.3, 0.4) is 0 Å². The maximum Gasteiger partial charge on any atom is 0.139 e. The number of ketones is 1. The van der Waals surface area contributed by atoms with E-state index >= 15 is 0 Å². The van der Waals surface area contributed by atoms with E-state index in [1.165, 1.54) is 50.5 Å². The van der Waals surface area contributed by atoms with Crippen molar-refractivity contribution in [3.63, 3.8) is 0 Å². The zero-order valence-corrected chi connectivity index (χ0v) is 20.0. The topological polar surface area (TPSA) is 38.1 Å². The average molecular weight is 416 g/mol. The molecule has 1 aliphatic carbocycles. The summed E-state index contributed by atoms with van der Waals surface area (Å²) in [5.74, 6) is 1.84. The van der Waals surface area contributed by atoms with Crippen molar-refractivity contribution < 1.29 is 4.79 Å². The molecule has 0 aromatic carbocycles. The highest BCUT2D eigenvalue weighted by molar-refractivity contribution is 5.84. The summed E-state index contributed by atoms with van der Waals surface area (Å²) in [7, 11) is 0. The Kier molecular flexibility index (Phi) is 8.98. The third-order valence-corrected chi connectivity index (χ3v) is 8.01. The molecule has 2 atom stereocenters. The van der Waals surface area contributed by atoms with E-state index in [9.17, 15) is 4.79 Å². The number of piperidine rings is 1. The van der Waals surface area contributed by atoms with E-state index in [0.717, 1.165) is 38.8 Å². The summed E-state index contributed by atoms with van der Waals surface area (Å²) in [6, 6.07) is 1.19. The largest absolute Gasteiger partial charge is 0.300 e. The summed E-state index contributed by atoms with van der Waals surface area (Å²) in [6.45, 7) is 11.3. The lowest BCUT2D eigenvalue weighted by Gasteiger charge is -2.46. The molecule has 0 N–H and O–H groups in total. The second-order valence-electron chi connectivity index (χ2n) is 10.0. The van der Waals surface area contributed by atoms with Gasteiger partial charge < -0.3 is 4.90 Å². The first kappa shape index (κ1) is 23.5. The Labute approximate surface area is 184 Å². The van der Waals surface area contributed by atoms with Gasteiger partial charge in [-0.3, -0.25) is 9.48 Å². The molecule has 2 aliphatic rings. The minimum absolute atomic E-state index is 0.318. The lowest BCUT2D eigenvalue weighted by molar-refractivity contribution is -0.132. The summed E-state index contributed by atoms with van der Waals surface area (Å²) < 4.78 is 2.22. The van der Waals surface area contributed by atoms with Gasteiger partial charge in [0.05, 0.1) is 12.2 Å². The van der Waals surface area contributed by atoms with Gasteiger partial charge in [-0.05, 0) is 56.4 Å². The number of Topliss-reactive ketones (excluding diaryl/α,β-unsaturated/α-hetero) is 1. The number of carbonyl (C=O) groups is 1. The molecule has 3 rings (SSSR count). The number of aromatic nitrogens is 2. The maximum atomic E-state index is 12.9. The molecular weight excluding hydrogens is 370 g/mol. The van der Waals surface area contributed by atoms with Crippen LogP contribution < -0.4 is 0 Å². The fraction of sp³-hybridized carbons (Fsp3) is 0.846. The average Bonchev–Trinajstić information content (AvgIpc) is 3.23. The summed E-state index contributed by atoms with van der Waals surface area (Å²) in [6.07, 6.45) is 17.3. The van der Waals surface area contributed by atoms with Gasteiger partial charge in [0.25, 0.3) is 0 Å². The van der Waals surface area contributed by atoms with Crippen LogP contribution >= 0.6 is 0 Å². The predicted molar refractivity (Wildman–Crippen MR) is 125 cm³/mol. The van der Waals surface area contributed by atoms with Crippen LogP contribution in [0.4, 0.5) is 0 Å². The van der Waals surface area contributed by atoms with Crippen molar-refractivity contribution in [2.24, 2.45) is 11.8 Å². The zero-order valence-electron chi connectivity index (χ0n) is 20.0. The van der Waals surface area contributed by atoms with Gasteiger partial charge in [0.2, 0.25) is 0 Å². The van der Waals surface area contributed by atoms with Crippen molar-refractivity contribution in [1.82, 2.24) is 14.7 Å². The van der Waals surface area contributed by atoms with Crippen LogP contribution in [0.25, 0.3) is 0 Å². The third-order valence-electron chi connectivity index (χ3n) is 8.01. The van der Waals surface area contributed by atoms with Crippen LogP contribution in [0.2, 0.25) is 0 Å². The standard InChI is InChI=1S/C26H45N3O/c1-5-8-9-10-11-21(7-3)26(30)22-16-25(17-22)28-14-12-24(13-15-28)29-19-23(18-27-29)20(4)6-2/h18-22,24-25H,5-17H2,1-4H3. The number of hydrogen-bond donors (Lipinski definition) is 0. The molecule has 2 unspecified atom stereocenters. The molecule has 1 saturated carbocycles. The van der Waals surface area contributed by atoms with Gasteiger partial charge in [-0.25, -0.2) is 0 Å². The summed E-state index contributed by atoms with van der Waals surface area (Å²) >= 11 is 0.